The first-order chi connectivity index (χ1) is 32.0. The number of benzene rings is 2. The lowest BCUT2D eigenvalue weighted by Crippen LogP contribution is -2.54. The Bertz CT molecular complexity index is 2080. The summed E-state index contributed by atoms with van der Waals surface area (Å²) in [5.74, 6) is -6.92. The number of nitrogens with two attached hydrogens (primary N) is 4. The number of phenolic OH excluding ortho intramolecular Hbond substituents is 2. The van der Waals surface area contributed by atoms with E-state index in [0.717, 1.165) is 12.1 Å². The lowest BCUT2D eigenvalue weighted by atomic mass is 9.81. The lowest BCUT2D eigenvalue weighted by Gasteiger charge is -2.25. The predicted octanol–water partition coefficient (Wildman–Crippen LogP) is -3.87. The highest BCUT2D eigenvalue weighted by Crippen LogP contribution is 2.42. The Morgan fingerprint density at radius 1 is 0.500 bits per heavy atom. The van der Waals surface area contributed by atoms with Crippen molar-refractivity contribution in [1.82, 2.24) is 42.5 Å². The third-order valence-electron chi connectivity index (χ3n) is 10.3. The molecule has 6 atom stereocenters. The molecule has 1 aliphatic rings. The van der Waals surface area contributed by atoms with Crippen LogP contribution < -0.4 is 76.1 Å². The van der Waals surface area contributed by atoms with E-state index in [1.807, 2.05) is 0 Å². The summed E-state index contributed by atoms with van der Waals surface area (Å²) in [6.07, 6.45) is 0.853. The van der Waals surface area contributed by atoms with Crippen molar-refractivity contribution in [2.75, 3.05) is 49.9 Å². The van der Waals surface area contributed by atoms with Crippen molar-refractivity contribution >= 4 is 70.3 Å². The first-order valence-corrected chi connectivity index (χ1v) is 21.8. The molecule has 0 heterocycles. The van der Waals surface area contributed by atoms with E-state index in [4.69, 9.17) is 33.8 Å². The molecule has 3 rings (SSSR count). The minimum atomic E-state index is -1.08. The van der Waals surface area contributed by atoms with Crippen LogP contribution in [0.3, 0.4) is 0 Å². The Morgan fingerprint density at radius 2 is 0.853 bits per heavy atom. The number of anilines is 2. The number of rotatable bonds is 26. The fraction of sp³-hybridized carbons (Fsp3) is 0.476. The van der Waals surface area contributed by atoms with E-state index in [1.165, 1.54) is 39.8 Å². The first kappa shape index (κ1) is 54.6. The molecular formula is C42H64N16O10. The van der Waals surface area contributed by atoms with Gasteiger partial charge in [-0.15, -0.1) is 0 Å². The summed E-state index contributed by atoms with van der Waals surface area (Å²) in [5.41, 5.74) is 21.0. The highest BCUT2D eigenvalue weighted by atomic mass is 16.3. The second kappa shape index (κ2) is 25.8. The van der Waals surface area contributed by atoms with E-state index in [0.29, 0.717) is 12.8 Å². The van der Waals surface area contributed by atoms with E-state index >= 15 is 0 Å². The number of ketones is 2. The van der Waals surface area contributed by atoms with Crippen LogP contribution in [-0.4, -0.2) is 145 Å². The molecule has 68 heavy (non-hydrogen) atoms. The number of fused-ring (bicyclic) bond motifs is 2. The Morgan fingerprint density at radius 3 is 1.18 bits per heavy atom. The molecule has 0 aromatic heterocycles. The van der Waals surface area contributed by atoms with Gasteiger partial charge in [0.15, 0.2) is 11.9 Å². The SMILES string of the molecule is C[C@H](N)C(=O)N[C@@H](C)C(=O)N[C@@H](CCCNC(=N)N)C(=O)NCCNc1ccc(NCCNC(=O)[C@H](CCCNC(=N)N)NC(=O)[C@H](C)NC(=O)[C@H](C)N)c2c1C(=O)c1c(O)ccc(O)c1C2=O. The van der Waals surface area contributed by atoms with Crippen LogP contribution in [0.1, 0.15) is 85.2 Å². The van der Waals surface area contributed by atoms with Crippen LogP contribution in [0, 0.1) is 10.8 Å². The smallest absolute Gasteiger partial charge is 0.242 e. The average molecular weight is 953 g/mol. The standard InChI is InChI=1S/C42H64N16O10/c1-19(43)35(63)55-21(3)37(65)57-25(7-5-13-53-41(45)46)39(67)51-17-15-49-23-9-10-24(30-29(23)33(61)31-27(59)11-12-28(60)32(31)34(30)62)50-16-18-52-40(68)26(8-6-14-54-42(47)48)58-38(66)22(4)56-36(64)20(2)44/h9-12,19-22,25-26,49-50,59-60H,5-8,13-18,43-44H2,1-4H3,(H,51,67)(H,52,68)(H,55,63)(H,56,64)(H,57,65)(H,58,66)(H4,45,46,53)(H4,47,48,54)/t19-,20-,21-,22-,25-,26-/m0/s1. The quantitative estimate of drug-likeness (QED) is 0.0158. The summed E-state index contributed by atoms with van der Waals surface area (Å²) in [5, 5.41) is 63.0. The monoisotopic (exact) mass is 952 g/mol. The topological polar surface area (TPSA) is 449 Å². The number of carbonyl (C=O) groups excluding carboxylic acids is 8. The number of carbonyl (C=O) groups is 8. The summed E-state index contributed by atoms with van der Waals surface area (Å²) in [6.45, 7) is 6.01. The molecule has 1 aliphatic carbocycles. The molecule has 6 amide bonds. The number of phenols is 2. The van der Waals surface area contributed by atoms with E-state index < -0.39 is 106 Å². The van der Waals surface area contributed by atoms with Gasteiger partial charge in [0.2, 0.25) is 47.0 Å². The number of nitrogens with one attached hydrogen (secondary N) is 12. The second-order valence-electron chi connectivity index (χ2n) is 16.0. The molecule has 0 unspecified atom stereocenters. The van der Waals surface area contributed by atoms with Gasteiger partial charge in [-0.05, 0) is 77.6 Å². The van der Waals surface area contributed by atoms with E-state index in [9.17, 15) is 48.6 Å². The maximum atomic E-state index is 14.1. The fourth-order valence-corrected chi connectivity index (χ4v) is 6.68. The van der Waals surface area contributed by atoms with Crippen LogP contribution in [0.4, 0.5) is 11.4 Å². The number of guanidine groups is 2. The molecule has 0 saturated heterocycles. The molecule has 0 fully saturated rings. The van der Waals surface area contributed by atoms with Crippen LogP contribution >= 0.6 is 0 Å². The minimum Gasteiger partial charge on any atom is -0.507 e. The Kier molecular flexibility index (Phi) is 20.7. The molecule has 0 saturated carbocycles. The molecule has 26 heteroatoms. The van der Waals surface area contributed by atoms with Gasteiger partial charge >= 0.3 is 0 Å². The molecule has 26 nitrogen and oxygen atoms in total. The zero-order chi connectivity index (χ0) is 50.8. The molecule has 0 bridgehead atoms. The van der Waals surface area contributed by atoms with E-state index in [1.54, 1.807) is 0 Å². The summed E-state index contributed by atoms with van der Waals surface area (Å²) >= 11 is 0. The highest BCUT2D eigenvalue weighted by Gasteiger charge is 2.38. The third-order valence-corrected chi connectivity index (χ3v) is 10.3. The van der Waals surface area contributed by atoms with Crippen molar-refractivity contribution in [2.24, 2.45) is 22.9 Å². The Hall–Kier alpha value is -7.74. The van der Waals surface area contributed by atoms with Gasteiger partial charge in [0.1, 0.15) is 35.7 Å². The summed E-state index contributed by atoms with van der Waals surface area (Å²) in [7, 11) is 0. The van der Waals surface area contributed by atoms with Gasteiger partial charge in [0, 0.05) is 50.6 Å². The maximum Gasteiger partial charge on any atom is 0.242 e. The number of aromatic hydroxyl groups is 2. The second-order valence-corrected chi connectivity index (χ2v) is 16.0. The Balaban J connectivity index is 1.79. The Labute approximate surface area is 392 Å². The first-order valence-electron chi connectivity index (χ1n) is 21.8. The lowest BCUT2D eigenvalue weighted by molar-refractivity contribution is -0.132. The number of hydrogen-bond donors (Lipinski definition) is 18. The summed E-state index contributed by atoms with van der Waals surface area (Å²) in [6, 6.07) is -0.878. The van der Waals surface area contributed by atoms with E-state index in [2.05, 4.69) is 53.2 Å². The van der Waals surface area contributed by atoms with Gasteiger partial charge < -0.3 is 86.3 Å². The maximum absolute atomic E-state index is 14.1. The highest BCUT2D eigenvalue weighted by molar-refractivity contribution is 6.33. The van der Waals surface area contributed by atoms with Crippen LogP contribution in [0.25, 0.3) is 0 Å². The van der Waals surface area contributed by atoms with Crippen molar-refractivity contribution < 1.29 is 48.6 Å². The van der Waals surface area contributed by atoms with Gasteiger partial charge in [0.25, 0.3) is 0 Å². The van der Waals surface area contributed by atoms with Gasteiger partial charge in [-0.25, -0.2) is 0 Å². The summed E-state index contributed by atoms with van der Waals surface area (Å²) < 4.78 is 0. The van der Waals surface area contributed by atoms with Crippen LogP contribution in [0.15, 0.2) is 24.3 Å². The molecule has 0 spiro atoms. The predicted molar refractivity (Wildman–Crippen MR) is 251 cm³/mol. The minimum absolute atomic E-state index is 0.0233. The van der Waals surface area contributed by atoms with E-state index in [-0.39, 0.29) is 86.5 Å². The van der Waals surface area contributed by atoms with Crippen molar-refractivity contribution in [3.05, 3.63) is 46.5 Å². The molecule has 2 aromatic rings. The van der Waals surface area contributed by atoms with Gasteiger partial charge in [-0.2, -0.15) is 0 Å². The zero-order valence-corrected chi connectivity index (χ0v) is 38.3. The average Bonchev–Trinajstić information content (AvgIpc) is 3.27. The van der Waals surface area contributed by atoms with Crippen LogP contribution in [0.2, 0.25) is 0 Å². The number of hydrogen-bond acceptors (Lipinski definition) is 16. The molecular weight excluding hydrogens is 889 g/mol. The van der Waals surface area contributed by atoms with Crippen LogP contribution in [0.5, 0.6) is 11.5 Å². The van der Waals surface area contributed by atoms with Crippen molar-refractivity contribution in [3.63, 3.8) is 0 Å². The molecule has 2 aromatic carbocycles. The third kappa shape index (κ3) is 15.7. The molecule has 372 valence electrons. The van der Waals surface area contributed by atoms with Crippen molar-refractivity contribution in [3.8, 4) is 11.5 Å². The van der Waals surface area contributed by atoms with Crippen LogP contribution in [-0.2, 0) is 28.8 Å². The molecule has 0 radical (unpaired) electrons. The van der Waals surface area contributed by atoms with Crippen molar-refractivity contribution in [1.29, 1.82) is 10.8 Å². The van der Waals surface area contributed by atoms with Crippen molar-refractivity contribution in [2.45, 2.75) is 89.6 Å². The normalized spacial score (nSPS) is 14.1. The fourth-order valence-electron chi connectivity index (χ4n) is 6.68. The van der Waals surface area contributed by atoms with Gasteiger partial charge in [-0.3, -0.25) is 49.2 Å². The number of amides is 6. The largest absolute Gasteiger partial charge is 0.507 e. The molecule has 22 N–H and O–H groups in total. The van der Waals surface area contributed by atoms with Gasteiger partial charge in [0.05, 0.1) is 34.3 Å². The van der Waals surface area contributed by atoms with Gasteiger partial charge in [-0.1, -0.05) is 0 Å². The zero-order valence-electron chi connectivity index (χ0n) is 38.3. The summed E-state index contributed by atoms with van der Waals surface area (Å²) in [4.78, 5) is 105. The molecule has 0 aliphatic heterocycles.